The van der Waals surface area contributed by atoms with E-state index in [1.807, 2.05) is 32.2 Å². The van der Waals surface area contributed by atoms with Crippen LogP contribution in [0.5, 0.6) is 0 Å². The Morgan fingerprint density at radius 1 is 1.32 bits per heavy atom. The number of furan rings is 1. The molecule has 0 atom stereocenters. The van der Waals surface area contributed by atoms with Gasteiger partial charge in [0.2, 0.25) is 10.0 Å². The van der Waals surface area contributed by atoms with Gasteiger partial charge in [-0.2, -0.15) is 11.8 Å². The van der Waals surface area contributed by atoms with Crippen LogP contribution in [-0.4, -0.2) is 33.0 Å². The van der Waals surface area contributed by atoms with Crippen LogP contribution in [0.2, 0.25) is 0 Å². The third-order valence-electron chi connectivity index (χ3n) is 2.33. The Bertz CT molecular complexity index is 495. The summed E-state index contributed by atoms with van der Waals surface area (Å²) < 4.78 is 30.6. The Kier molecular flexibility index (Phi) is 5.91. The van der Waals surface area contributed by atoms with Gasteiger partial charge in [-0.15, -0.1) is 0 Å². The van der Waals surface area contributed by atoms with E-state index >= 15 is 0 Å². The van der Waals surface area contributed by atoms with Crippen molar-refractivity contribution < 1.29 is 12.8 Å². The maximum Gasteiger partial charge on any atom is 0.209 e. The molecule has 19 heavy (non-hydrogen) atoms. The maximum absolute atomic E-state index is 11.2. The molecule has 0 aliphatic carbocycles. The molecule has 0 saturated heterocycles. The van der Waals surface area contributed by atoms with Gasteiger partial charge in [-0.05, 0) is 32.2 Å². The fourth-order valence-electron chi connectivity index (χ4n) is 1.77. The van der Waals surface area contributed by atoms with Crippen LogP contribution in [0.25, 0.3) is 0 Å². The van der Waals surface area contributed by atoms with E-state index in [0.717, 1.165) is 23.5 Å². The first-order chi connectivity index (χ1) is 8.72. The van der Waals surface area contributed by atoms with E-state index in [1.165, 1.54) is 0 Å². The van der Waals surface area contributed by atoms with Gasteiger partial charge in [0.25, 0.3) is 0 Å². The summed E-state index contributed by atoms with van der Waals surface area (Å²) in [6, 6.07) is 3.91. The molecule has 0 saturated carbocycles. The van der Waals surface area contributed by atoms with Crippen molar-refractivity contribution >= 4 is 21.8 Å². The molecule has 110 valence electrons. The second-order valence-electron chi connectivity index (χ2n) is 5.16. The number of nitrogens with one attached hydrogen (secondary N) is 2. The van der Waals surface area contributed by atoms with Crippen LogP contribution in [0.1, 0.15) is 25.4 Å². The number of hydrogen-bond acceptors (Lipinski definition) is 5. The van der Waals surface area contributed by atoms with Gasteiger partial charge in [-0.1, -0.05) is 0 Å². The van der Waals surface area contributed by atoms with Crippen molar-refractivity contribution in [2.45, 2.75) is 31.7 Å². The molecule has 0 radical (unpaired) electrons. The minimum Gasteiger partial charge on any atom is -0.464 e. The van der Waals surface area contributed by atoms with Gasteiger partial charge in [-0.25, -0.2) is 13.1 Å². The lowest BCUT2D eigenvalue weighted by molar-refractivity contribution is 0.399. The predicted octanol–water partition coefficient (Wildman–Crippen LogP) is 1.56. The van der Waals surface area contributed by atoms with Gasteiger partial charge in [0, 0.05) is 12.1 Å². The molecule has 1 heterocycles. The zero-order valence-corrected chi connectivity index (χ0v) is 13.5. The quantitative estimate of drug-likeness (QED) is 0.762. The highest BCUT2D eigenvalue weighted by Gasteiger charge is 2.21. The minimum absolute atomic E-state index is 0.526. The number of thioether (sulfide) groups is 1. The van der Waals surface area contributed by atoms with Crippen LogP contribution < -0.4 is 10.0 Å². The Morgan fingerprint density at radius 3 is 2.53 bits per heavy atom. The van der Waals surface area contributed by atoms with Crippen LogP contribution in [0.3, 0.4) is 0 Å². The standard InChI is InChI=1S/C12H22N2O3S2/c1-12(2,14-19(4,15)16)9-13-7-10-5-6-11(17-10)8-18-3/h5-6,13-14H,7-9H2,1-4H3. The van der Waals surface area contributed by atoms with Gasteiger partial charge in [0.05, 0.1) is 18.6 Å². The lowest BCUT2D eigenvalue weighted by Gasteiger charge is -2.25. The van der Waals surface area contributed by atoms with Crippen molar-refractivity contribution in [2.75, 3.05) is 19.1 Å². The summed E-state index contributed by atoms with van der Waals surface area (Å²) in [5.74, 6) is 2.68. The minimum atomic E-state index is -3.20. The number of rotatable bonds is 8. The normalized spacial score (nSPS) is 12.8. The van der Waals surface area contributed by atoms with Crippen molar-refractivity contribution in [1.82, 2.24) is 10.0 Å². The Hall–Kier alpha value is -0.500. The Morgan fingerprint density at radius 2 is 1.95 bits per heavy atom. The number of hydrogen-bond donors (Lipinski definition) is 2. The fourth-order valence-corrected chi connectivity index (χ4v) is 3.29. The van der Waals surface area contributed by atoms with E-state index in [4.69, 9.17) is 4.42 Å². The fraction of sp³-hybridized carbons (Fsp3) is 0.667. The van der Waals surface area contributed by atoms with Crippen LogP contribution >= 0.6 is 11.8 Å². The summed E-state index contributed by atoms with van der Waals surface area (Å²) in [7, 11) is -3.20. The zero-order chi connectivity index (χ0) is 14.5. The molecule has 0 aliphatic rings. The number of sulfonamides is 1. The second kappa shape index (κ2) is 6.78. The summed E-state index contributed by atoms with van der Waals surface area (Å²) >= 11 is 1.71. The van der Waals surface area contributed by atoms with Gasteiger partial charge >= 0.3 is 0 Å². The van der Waals surface area contributed by atoms with Crippen LogP contribution in [0, 0.1) is 0 Å². The highest BCUT2D eigenvalue weighted by Crippen LogP contribution is 2.13. The third-order valence-corrected chi connectivity index (χ3v) is 3.83. The average molecular weight is 306 g/mol. The van der Waals surface area contributed by atoms with Crippen LogP contribution in [0.15, 0.2) is 16.5 Å². The molecule has 0 spiro atoms. The highest BCUT2D eigenvalue weighted by molar-refractivity contribution is 7.97. The second-order valence-corrected chi connectivity index (χ2v) is 7.78. The molecule has 2 N–H and O–H groups in total. The molecule has 0 aliphatic heterocycles. The Labute approximate surface area is 119 Å². The molecule has 1 aromatic rings. The van der Waals surface area contributed by atoms with Crippen LogP contribution in [0.4, 0.5) is 0 Å². The first-order valence-electron chi connectivity index (χ1n) is 5.98. The SMILES string of the molecule is CSCc1ccc(CNCC(C)(C)NS(C)(=O)=O)o1. The van der Waals surface area contributed by atoms with Gasteiger partial charge in [0.15, 0.2) is 0 Å². The largest absolute Gasteiger partial charge is 0.464 e. The molecule has 0 fully saturated rings. The van der Waals surface area contributed by atoms with Gasteiger partial charge in [0.1, 0.15) is 11.5 Å². The maximum atomic E-state index is 11.2. The van der Waals surface area contributed by atoms with E-state index < -0.39 is 15.6 Å². The van der Waals surface area contributed by atoms with Gasteiger partial charge < -0.3 is 9.73 Å². The third kappa shape index (κ3) is 7.00. The van der Waals surface area contributed by atoms with E-state index in [0.29, 0.717) is 13.1 Å². The molecular formula is C12H22N2O3S2. The van der Waals surface area contributed by atoms with Crippen molar-refractivity contribution in [2.24, 2.45) is 0 Å². The van der Waals surface area contributed by atoms with E-state index in [1.54, 1.807) is 11.8 Å². The molecule has 7 heteroatoms. The average Bonchev–Trinajstić information content (AvgIpc) is 2.62. The predicted molar refractivity (Wildman–Crippen MR) is 79.7 cm³/mol. The zero-order valence-electron chi connectivity index (χ0n) is 11.8. The topological polar surface area (TPSA) is 71.3 Å². The molecule has 0 bridgehead atoms. The molecule has 1 aromatic heterocycles. The smallest absolute Gasteiger partial charge is 0.209 e. The highest BCUT2D eigenvalue weighted by atomic mass is 32.2. The van der Waals surface area contributed by atoms with Crippen molar-refractivity contribution in [3.63, 3.8) is 0 Å². The Balaban J connectivity index is 2.40. The summed E-state index contributed by atoms with van der Waals surface area (Å²) in [5.41, 5.74) is -0.526. The first-order valence-corrected chi connectivity index (χ1v) is 9.26. The molecule has 0 aromatic carbocycles. The van der Waals surface area contributed by atoms with Crippen molar-refractivity contribution in [3.8, 4) is 0 Å². The van der Waals surface area contributed by atoms with Crippen molar-refractivity contribution in [3.05, 3.63) is 23.7 Å². The van der Waals surface area contributed by atoms with Crippen molar-refractivity contribution in [1.29, 1.82) is 0 Å². The monoisotopic (exact) mass is 306 g/mol. The van der Waals surface area contributed by atoms with Gasteiger partial charge in [-0.3, -0.25) is 0 Å². The summed E-state index contributed by atoms with van der Waals surface area (Å²) in [5, 5.41) is 3.19. The first kappa shape index (κ1) is 16.6. The molecule has 1 rings (SSSR count). The van der Waals surface area contributed by atoms with E-state index in [9.17, 15) is 8.42 Å². The summed E-state index contributed by atoms with van der Waals surface area (Å²) in [4.78, 5) is 0. The lowest BCUT2D eigenvalue weighted by atomic mass is 10.1. The van der Waals surface area contributed by atoms with E-state index in [2.05, 4.69) is 10.0 Å². The molecule has 5 nitrogen and oxygen atoms in total. The molecular weight excluding hydrogens is 284 g/mol. The summed E-state index contributed by atoms with van der Waals surface area (Å²) in [6.07, 6.45) is 3.19. The summed E-state index contributed by atoms with van der Waals surface area (Å²) in [6.45, 7) is 4.78. The lowest BCUT2D eigenvalue weighted by Crippen LogP contribution is -2.49. The van der Waals surface area contributed by atoms with Crippen LogP contribution in [-0.2, 0) is 22.3 Å². The molecule has 0 unspecified atom stereocenters. The molecule has 0 amide bonds. The van der Waals surface area contributed by atoms with E-state index in [-0.39, 0.29) is 0 Å².